The van der Waals surface area contributed by atoms with Gasteiger partial charge >= 0.3 is 0 Å². The second-order valence-electron chi connectivity index (χ2n) is 11.1. The summed E-state index contributed by atoms with van der Waals surface area (Å²) < 4.78 is 15.2. The van der Waals surface area contributed by atoms with Crippen LogP contribution in [0.4, 0.5) is 0 Å². The minimum Gasteiger partial charge on any atom is -0.479 e. The summed E-state index contributed by atoms with van der Waals surface area (Å²) in [5, 5.41) is 33.1. The normalized spacial score (nSPS) is 16.9. The number of terminal acetylenes is 1. The van der Waals surface area contributed by atoms with Crippen molar-refractivity contribution in [2.24, 2.45) is 0 Å². The molecule has 0 bridgehead atoms. The van der Waals surface area contributed by atoms with Gasteiger partial charge in [-0.3, -0.25) is 14.6 Å². The van der Waals surface area contributed by atoms with Gasteiger partial charge in [0.05, 0.1) is 43.3 Å². The number of carbonyl (C=O) groups is 2. The molecule has 1 atom stereocenters. The van der Waals surface area contributed by atoms with Gasteiger partial charge in [0.25, 0.3) is 11.8 Å². The molecule has 14 heteroatoms. The van der Waals surface area contributed by atoms with Crippen molar-refractivity contribution in [3.05, 3.63) is 59.8 Å². The number of methoxy groups -OCH3 is 1. The monoisotopic (exact) mass is 609 g/mol. The third-order valence-corrected chi connectivity index (χ3v) is 8.53. The molecule has 4 aromatic heterocycles. The average molecular weight is 610 g/mol. The molecule has 230 valence electrons. The van der Waals surface area contributed by atoms with Crippen molar-refractivity contribution >= 4 is 17.3 Å². The van der Waals surface area contributed by atoms with Crippen LogP contribution in [0.1, 0.15) is 41.9 Å². The van der Waals surface area contributed by atoms with Crippen LogP contribution in [0.5, 0.6) is 5.75 Å². The number of ether oxygens (including phenoxy) is 2. The van der Waals surface area contributed by atoms with Gasteiger partial charge in [0, 0.05) is 38.2 Å². The second-order valence-corrected chi connectivity index (χ2v) is 11.1. The Hall–Kier alpha value is -5.31. The van der Waals surface area contributed by atoms with E-state index in [-0.39, 0.29) is 31.6 Å². The Balaban J connectivity index is 1.22. The van der Waals surface area contributed by atoms with E-state index in [1.165, 1.54) is 18.2 Å². The zero-order valence-electron chi connectivity index (χ0n) is 24.8. The number of pyridine rings is 2. The van der Waals surface area contributed by atoms with Gasteiger partial charge in [-0.1, -0.05) is 11.3 Å². The van der Waals surface area contributed by atoms with Crippen molar-refractivity contribution in [3.63, 3.8) is 0 Å². The minimum absolute atomic E-state index is 0.00646. The molecule has 0 aliphatic carbocycles. The fourth-order valence-electron chi connectivity index (χ4n) is 6.01. The molecule has 2 fully saturated rings. The Morgan fingerprint density at radius 1 is 1.24 bits per heavy atom. The Morgan fingerprint density at radius 2 is 2.02 bits per heavy atom. The van der Waals surface area contributed by atoms with Crippen LogP contribution < -0.4 is 4.74 Å². The van der Waals surface area contributed by atoms with E-state index in [1.54, 1.807) is 40.0 Å². The molecule has 4 aromatic rings. The van der Waals surface area contributed by atoms with Gasteiger partial charge in [0.1, 0.15) is 28.6 Å². The molecule has 45 heavy (non-hydrogen) atoms. The molecule has 2 amide bonds. The maximum atomic E-state index is 13.4. The summed E-state index contributed by atoms with van der Waals surface area (Å²) in [6.07, 6.45) is 10.6. The van der Waals surface area contributed by atoms with Crippen molar-refractivity contribution in [3.8, 4) is 35.4 Å². The van der Waals surface area contributed by atoms with Crippen LogP contribution in [0, 0.1) is 30.6 Å². The number of hydrogen-bond acceptors (Lipinski definition) is 10. The molecule has 2 saturated heterocycles. The summed E-state index contributed by atoms with van der Waals surface area (Å²) in [6, 6.07) is 9.26. The summed E-state index contributed by atoms with van der Waals surface area (Å²) >= 11 is 0. The second kappa shape index (κ2) is 12.0. The van der Waals surface area contributed by atoms with Crippen molar-refractivity contribution in [2.45, 2.75) is 37.5 Å². The molecule has 0 radical (unpaired) electrons. The number of nitrogens with zero attached hydrogens (tertiary/aromatic N) is 9. The van der Waals surface area contributed by atoms with E-state index in [2.05, 4.69) is 32.4 Å². The van der Waals surface area contributed by atoms with Crippen LogP contribution in [0.2, 0.25) is 0 Å². The number of carbonyl (C=O) groups excluding carboxylic acids is 2. The third-order valence-electron chi connectivity index (χ3n) is 8.53. The summed E-state index contributed by atoms with van der Waals surface area (Å²) in [4.78, 5) is 32.7. The van der Waals surface area contributed by atoms with Gasteiger partial charge in [-0.25, -0.2) is 9.20 Å². The average Bonchev–Trinajstić information content (AvgIpc) is 3.66. The number of likely N-dealkylation sites (tertiary alicyclic amines) is 2. The number of aliphatic hydroxyl groups is 1. The number of hydrogen-bond donors (Lipinski definition) is 1. The van der Waals surface area contributed by atoms with Crippen molar-refractivity contribution < 1.29 is 24.2 Å². The minimum atomic E-state index is -1.07. The molecule has 1 N–H and O–H groups in total. The van der Waals surface area contributed by atoms with Crippen LogP contribution in [0.15, 0.2) is 42.9 Å². The van der Waals surface area contributed by atoms with E-state index in [9.17, 15) is 20.0 Å². The largest absolute Gasteiger partial charge is 0.479 e. The molecule has 6 rings (SSSR count). The van der Waals surface area contributed by atoms with Gasteiger partial charge in [0.2, 0.25) is 0 Å². The van der Waals surface area contributed by atoms with Crippen molar-refractivity contribution in [1.82, 2.24) is 39.4 Å². The van der Waals surface area contributed by atoms with Crippen molar-refractivity contribution in [1.29, 1.82) is 5.26 Å². The van der Waals surface area contributed by atoms with E-state index >= 15 is 0 Å². The molecular formula is C31H31N9O5. The lowest BCUT2D eigenvalue weighted by molar-refractivity contribution is -0.181. The van der Waals surface area contributed by atoms with Crippen LogP contribution in [-0.4, -0.2) is 102 Å². The molecule has 1 unspecified atom stereocenters. The number of fused-ring (bicyclic) bond motifs is 1. The highest BCUT2D eigenvalue weighted by Gasteiger charge is 2.53. The van der Waals surface area contributed by atoms with Gasteiger partial charge in [0.15, 0.2) is 11.7 Å². The van der Waals surface area contributed by atoms with E-state index < -0.39 is 17.6 Å². The molecule has 2 aliphatic heterocycles. The smallest absolute Gasteiger partial charge is 0.298 e. The maximum Gasteiger partial charge on any atom is 0.298 e. The van der Waals surface area contributed by atoms with E-state index in [1.807, 2.05) is 17.7 Å². The first-order valence-electron chi connectivity index (χ1n) is 14.4. The number of rotatable bonds is 8. The van der Waals surface area contributed by atoms with Crippen LogP contribution in [-0.2, 0) is 14.3 Å². The molecule has 6 heterocycles. The Bertz CT molecular complexity index is 1820. The highest BCUT2D eigenvalue weighted by atomic mass is 16.5. The zero-order chi connectivity index (χ0) is 31.7. The molecule has 0 aromatic carbocycles. The van der Waals surface area contributed by atoms with Crippen molar-refractivity contribution in [2.75, 3.05) is 39.9 Å². The number of nitriles is 1. The third kappa shape index (κ3) is 5.24. The van der Waals surface area contributed by atoms with Gasteiger partial charge in [-0.15, -0.1) is 11.5 Å². The zero-order valence-corrected chi connectivity index (χ0v) is 24.8. The first-order valence-corrected chi connectivity index (χ1v) is 14.4. The first-order chi connectivity index (χ1) is 21.8. The predicted octanol–water partition coefficient (Wildman–Crippen LogP) is 1.30. The number of amides is 2. The topological polar surface area (TPSA) is 164 Å². The molecule has 2 aliphatic rings. The molecule has 0 spiro atoms. The maximum absolute atomic E-state index is 13.4. The summed E-state index contributed by atoms with van der Waals surface area (Å²) in [7, 11) is 1.48. The Kier molecular flexibility index (Phi) is 7.93. The highest BCUT2D eigenvalue weighted by molar-refractivity contribution is 5.97. The van der Waals surface area contributed by atoms with Crippen LogP contribution >= 0.6 is 0 Å². The van der Waals surface area contributed by atoms with E-state index in [4.69, 9.17) is 15.9 Å². The van der Waals surface area contributed by atoms with Gasteiger partial charge in [-0.05, 0) is 43.9 Å². The predicted molar refractivity (Wildman–Crippen MR) is 158 cm³/mol. The standard InChI is InChI=1S/C31H31N9O5/c1-4-27(42)38-18-31(19-38,44-3)30(43)37-11-8-23(9-12-37)40-20(2)28(35-36-40)21-13-25(29-22(14-32)15-34-39(29)16-21)45-26(17-41)24-7-5-6-10-33-24/h1,5-7,10,13,15-16,23,26,41H,8-9,11-12,17-19H2,2-3H3. The number of piperidine rings is 1. The Labute approximate surface area is 258 Å². The van der Waals surface area contributed by atoms with Gasteiger partial charge < -0.3 is 24.4 Å². The summed E-state index contributed by atoms with van der Waals surface area (Å²) in [6.45, 7) is 2.87. The van der Waals surface area contributed by atoms with E-state index in [0.717, 1.165) is 5.69 Å². The molecule has 14 nitrogen and oxygen atoms in total. The lowest BCUT2D eigenvalue weighted by Gasteiger charge is -2.49. The molecule has 0 saturated carbocycles. The first kappa shape index (κ1) is 29.7. The number of aliphatic hydroxyl groups excluding tert-OH is 1. The quantitative estimate of drug-likeness (QED) is 0.288. The fourth-order valence-corrected chi connectivity index (χ4v) is 6.01. The number of aromatic nitrogens is 6. The summed E-state index contributed by atoms with van der Waals surface area (Å²) in [5.74, 6) is 1.82. The summed E-state index contributed by atoms with van der Waals surface area (Å²) in [5.41, 5.74) is 2.35. The lowest BCUT2D eigenvalue weighted by Crippen LogP contribution is -2.71. The van der Waals surface area contributed by atoms with Crippen LogP contribution in [0.3, 0.4) is 0 Å². The SMILES string of the molecule is C#CC(=O)N1CC(OC)(C(=O)N2CCC(n3nnc(-c4cc(OC(CO)c5ccccn5)c5c(C#N)cnn5c4)c3C)CC2)C1. The van der Waals surface area contributed by atoms with Gasteiger partial charge in [-0.2, -0.15) is 10.4 Å². The highest BCUT2D eigenvalue weighted by Crippen LogP contribution is 2.35. The Morgan fingerprint density at radius 3 is 2.67 bits per heavy atom. The van der Waals surface area contributed by atoms with Crippen LogP contribution in [0.25, 0.3) is 16.8 Å². The van der Waals surface area contributed by atoms with E-state index in [0.29, 0.717) is 59.7 Å². The molecular weight excluding hydrogens is 578 g/mol. The lowest BCUT2D eigenvalue weighted by atomic mass is 9.90. The fraction of sp³-hybridized carbons (Fsp3) is 0.387.